The van der Waals surface area contributed by atoms with E-state index in [4.69, 9.17) is 5.73 Å². The average molecular weight is 243 g/mol. The van der Waals surface area contributed by atoms with Crippen molar-refractivity contribution in [2.45, 2.75) is 38.3 Å². The molecule has 0 aliphatic heterocycles. The van der Waals surface area contributed by atoms with Gasteiger partial charge in [-0.25, -0.2) is 0 Å². The van der Waals surface area contributed by atoms with Crippen molar-refractivity contribution in [2.24, 2.45) is 7.05 Å². The number of rotatable bonds is 3. The van der Waals surface area contributed by atoms with Crippen LogP contribution in [0.15, 0.2) is 24.3 Å². The number of hydrogen-bond acceptors (Lipinski definition) is 2. The van der Waals surface area contributed by atoms with Crippen LogP contribution in [0.4, 0.5) is 5.69 Å². The molecule has 18 heavy (non-hydrogen) atoms. The maximum absolute atomic E-state index is 6.05. The number of benzene rings is 1. The largest absolute Gasteiger partial charge is 0.397 e. The first-order valence-electron chi connectivity index (χ1n) is 6.82. The molecule has 1 aliphatic carbocycles. The molecule has 1 aromatic heterocycles. The molecule has 3 N–H and O–H groups in total. The number of nitrogens with two attached hydrogens (primary N) is 1. The number of hydrogen-bond donors (Lipinski definition) is 2. The third-order valence-corrected chi connectivity index (χ3v) is 4.11. The minimum Gasteiger partial charge on any atom is -0.397 e. The van der Waals surface area contributed by atoms with Crippen LogP contribution in [0.3, 0.4) is 0 Å². The highest BCUT2D eigenvalue weighted by molar-refractivity contribution is 5.91. The summed E-state index contributed by atoms with van der Waals surface area (Å²) in [5.74, 6) is 0. The molecule has 2 aromatic rings. The number of fused-ring (bicyclic) bond motifs is 1. The number of nitrogens with zero attached hydrogens (tertiary/aromatic N) is 1. The summed E-state index contributed by atoms with van der Waals surface area (Å²) < 4.78 is 2.21. The van der Waals surface area contributed by atoms with E-state index in [0.717, 1.165) is 17.7 Å². The molecule has 1 fully saturated rings. The van der Waals surface area contributed by atoms with Crippen LogP contribution < -0.4 is 11.1 Å². The molecule has 0 spiro atoms. The Morgan fingerprint density at radius 3 is 2.83 bits per heavy atom. The summed E-state index contributed by atoms with van der Waals surface area (Å²) in [5, 5.41) is 4.89. The fraction of sp³-hybridized carbons (Fsp3) is 0.467. The lowest BCUT2D eigenvalue weighted by Gasteiger charge is -2.12. The van der Waals surface area contributed by atoms with Crippen molar-refractivity contribution in [3.63, 3.8) is 0 Å². The fourth-order valence-electron chi connectivity index (χ4n) is 3.05. The molecule has 3 rings (SSSR count). The summed E-state index contributed by atoms with van der Waals surface area (Å²) in [6, 6.07) is 9.07. The lowest BCUT2D eigenvalue weighted by Crippen LogP contribution is -2.26. The maximum Gasteiger partial charge on any atom is 0.0713 e. The van der Waals surface area contributed by atoms with Gasteiger partial charge in [-0.1, -0.05) is 25.0 Å². The Morgan fingerprint density at radius 1 is 1.33 bits per heavy atom. The maximum atomic E-state index is 6.05. The normalized spacial score (nSPS) is 16.7. The zero-order valence-electron chi connectivity index (χ0n) is 10.9. The Labute approximate surface area is 108 Å². The zero-order valence-corrected chi connectivity index (χ0v) is 10.9. The number of aromatic nitrogens is 1. The summed E-state index contributed by atoms with van der Waals surface area (Å²) >= 11 is 0. The molecule has 0 atom stereocenters. The van der Waals surface area contributed by atoms with Crippen molar-refractivity contribution in [3.8, 4) is 0 Å². The van der Waals surface area contributed by atoms with Gasteiger partial charge in [-0.2, -0.15) is 0 Å². The third-order valence-electron chi connectivity index (χ3n) is 4.11. The van der Waals surface area contributed by atoms with Crippen molar-refractivity contribution in [1.29, 1.82) is 0 Å². The van der Waals surface area contributed by atoms with E-state index >= 15 is 0 Å². The van der Waals surface area contributed by atoms with E-state index in [1.807, 2.05) is 12.1 Å². The van der Waals surface area contributed by atoms with Crippen molar-refractivity contribution in [3.05, 3.63) is 30.0 Å². The molecule has 0 unspecified atom stereocenters. The summed E-state index contributed by atoms with van der Waals surface area (Å²) in [7, 11) is 2.10. The molecule has 1 heterocycles. The monoisotopic (exact) mass is 243 g/mol. The predicted molar refractivity (Wildman–Crippen MR) is 76.4 cm³/mol. The van der Waals surface area contributed by atoms with Crippen LogP contribution in [-0.2, 0) is 13.6 Å². The van der Waals surface area contributed by atoms with Gasteiger partial charge in [0.15, 0.2) is 0 Å². The van der Waals surface area contributed by atoms with E-state index in [0.29, 0.717) is 6.04 Å². The van der Waals surface area contributed by atoms with Crippen molar-refractivity contribution in [2.75, 3.05) is 5.73 Å². The molecule has 0 saturated heterocycles. The standard InChI is InChI=1S/C15H21N3/c1-18-13(10-17-12-6-2-3-7-12)9-11-5-4-8-14(16)15(11)18/h4-5,8-9,12,17H,2-3,6-7,10,16H2,1H3. The average Bonchev–Trinajstić information content (AvgIpc) is 2.96. The van der Waals surface area contributed by atoms with E-state index in [1.165, 1.54) is 36.8 Å². The summed E-state index contributed by atoms with van der Waals surface area (Å²) in [5.41, 5.74) is 9.38. The van der Waals surface area contributed by atoms with Crippen molar-refractivity contribution < 1.29 is 0 Å². The Bertz CT molecular complexity index is 550. The highest BCUT2D eigenvalue weighted by Gasteiger charge is 2.15. The summed E-state index contributed by atoms with van der Waals surface area (Å²) in [6.07, 6.45) is 5.40. The Kier molecular flexibility index (Phi) is 3.00. The second-order valence-corrected chi connectivity index (χ2v) is 5.34. The number of para-hydroxylation sites is 1. The fourth-order valence-corrected chi connectivity index (χ4v) is 3.05. The second-order valence-electron chi connectivity index (χ2n) is 5.34. The van der Waals surface area contributed by atoms with Gasteiger partial charge >= 0.3 is 0 Å². The van der Waals surface area contributed by atoms with Gasteiger partial charge in [-0.15, -0.1) is 0 Å². The van der Waals surface area contributed by atoms with Crippen LogP contribution in [0.1, 0.15) is 31.4 Å². The molecular weight excluding hydrogens is 222 g/mol. The molecule has 0 amide bonds. The highest BCUT2D eigenvalue weighted by atomic mass is 15.0. The van der Waals surface area contributed by atoms with Gasteiger partial charge in [-0.05, 0) is 25.0 Å². The van der Waals surface area contributed by atoms with Gasteiger partial charge in [0.1, 0.15) is 0 Å². The van der Waals surface area contributed by atoms with Gasteiger partial charge in [0.2, 0.25) is 0 Å². The van der Waals surface area contributed by atoms with Crippen LogP contribution in [0, 0.1) is 0 Å². The smallest absolute Gasteiger partial charge is 0.0713 e. The van der Waals surface area contributed by atoms with Gasteiger partial charge < -0.3 is 15.6 Å². The number of aryl methyl sites for hydroxylation is 1. The van der Waals surface area contributed by atoms with Crippen molar-refractivity contribution >= 4 is 16.6 Å². The predicted octanol–water partition coefficient (Wildman–Crippen LogP) is 2.79. The summed E-state index contributed by atoms with van der Waals surface area (Å²) in [4.78, 5) is 0. The molecule has 96 valence electrons. The minimum absolute atomic E-state index is 0.709. The first-order valence-corrected chi connectivity index (χ1v) is 6.82. The van der Waals surface area contributed by atoms with E-state index < -0.39 is 0 Å². The summed E-state index contributed by atoms with van der Waals surface area (Å²) in [6.45, 7) is 0.940. The molecule has 0 bridgehead atoms. The molecule has 3 heteroatoms. The lowest BCUT2D eigenvalue weighted by atomic mass is 10.2. The van der Waals surface area contributed by atoms with Gasteiger partial charge in [0.05, 0.1) is 11.2 Å². The van der Waals surface area contributed by atoms with Crippen molar-refractivity contribution in [1.82, 2.24) is 9.88 Å². The minimum atomic E-state index is 0.709. The van der Waals surface area contributed by atoms with Gasteiger partial charge in [0, 0.05) is 30.7 Å². The second kappa shape index (κ2) is 4.65. The zero-order chi connectivity index (χ0) is 12.5. The van der Waals surface area contributed by atoms with E-state index in [9.17, 15) is 0 Å². The van der Waals surface area contributed by atoms with Crippen LogP contribution in [0.5, 0.6) is 0 Å². The molecule has 1 aliphatic rings. The highest BCUT2D eigenvalue weighted by Crippen LogP contribution is 2.24. The van der Waals surface area contributed by atoms with Crippen LogP contribution in [-0.4, -0.2) is 10.6 Å². The van der Waals surface area contributed by atoms with Crippen LogP contribution in [0.2, 0.25) is 0 Å². The molecule has 1 saturated carbocycles. The number of nitrogen functional groups attached to an aromatic ring is 1. The van der Waals surface area contributed by atoms with E-state index in [1.54, 1.807) is 0 Å². The van der Waals surface area contributed by atoms with E-state index in [2.05, 4.69) is 29.1 Å². The molecular formula is C15H21N3. The molecule has 1 aromatic carbocycles. The first kappa shape index (κ1) is 11.6. The number of anilines is 1. The number of nitrogens with one attached hydrogen (secondary N) is 1. The van der Waals surface area contributed by atoms with E-state index in [-0.39, 0.29) is 0 Å². The van der Waals surface area contributed by atoms with Crippen LogP contribution >= 0.6 is 0 Å². The Hall–Kier alpha value is -1.48. The van der Waals surface area contributed by atoms with Crippen LogP contribution in [0.25, 0.3) is 10.9 Å². The van der Waals surface area contributed by atoms with Gasteiger partial charge in [-0.3, -0.25) is 0 Å². The molecule has 0 radical (unpaired) electrons. The molecule has 3 nitrogen and oxygen atoms in total. The Morgan fingerprint density at radius 2 is 2.11 bits per heavy atom. The topological polar surface area (TPSA) is 43.0 Å². The lowest BCUT2D eigenvalue weighted by molar-refractivity contribution is 0.514. The third kappa shape index (κ3) is 1.99. The quantitative estimate of drug-likeness (QED) is 0.814. The van der Waals surface area contributed by atoms with Gasteiger partial charge in [0.25, 0.3) is 0 Å². The Balaban J connectivity index is 1.83. The SMILES string of the molecule is Cn1c(CNC2CCCC2)cc2cccc(N)c21. The first-order chi connectivity index (χ1) is 8.75.